The van der Waals surface area contributed by atoms with E-state index in [-0.39, 0.29) is 17.3 Å². The normalized spacial score (nSPS) is 13.8. The molecule has 0 bridgehead atoms. The highest BCUT2D eigenvalue weighted by Crippen LogP contribution is 2.29. The molecule has 1 aromatic carbocycles. The third kappa shape index (κ3) is 2.80. The Morgan fingerprint density at radius 1 is 1.31 bits per heavy atom. The van der Waals surface area contributed by atoms with E-state index < -0.39 is 0 Å². The second kappa shape index (κ2) is 5.41. The topological polar surface area (TPSA) is 38.0 Å². The van der Waals surface area contributed by atoms with E-state index in [9.17, 15) is 4.39 Å². The Labute approximate surface area is 97.0 Å². The molecule has 16 heavy (non-hydrogen) atoms. The Kier molecular flexibility index (Phi) is 4.44. The number of nitrogens with one attached hydrogen (secondary N) is 1. The molecule has 0 amide bonds. The fourth-order valence-electron chi connectivity index (χ4n) is 2.02. The molecule has 0 aromatic heterocycles. The Balaban J connectivity index is 2.94. The molecule has 2 nitrogen and oxygen atoms in total. The molecule has 0 fully saturated rings. The maximum absolute atomic E-state index is 12.9. The summed E-state index contributed by atoms with van der Waals surface area (Å²) in [6.07, 6.45) is 2.07. The average molecular weight is 224 g/mol. The second-order valence-electron chi connectivity index (χ2n) is 4.74. The maximum atomic E-state index is 12.9. The average Bonchev–Trinajstić information content (AvgIpc) is 2.26. The van der Waals surface area contributed by atoms with Crippen LogP contribution in [-0.2, 0) is 5.41 Å². The van der Waals surface area contributed by atoms with Gasteiger partial charge in [-0.25, -0.2) is 4.39 Å². The molecule has 0 radical (unpaired) electrons. The lowest BCUT2D eigenvalue weighted by molar-refractivity contribution is 0.323. The predicted octanol–water partition coefficient (Wildman–Crippen LogP) is 2.74. The lowest BCUT2D eigenvalue weighted by Crippen LogP contribution is -2.48. The molecule has 1 rings (SSSR count). The molecular weight excluding hydrogens is 203 g/mol. The molecule has 0 aliphatic heterocycles. The van der Waals surface area contributed by atoms with Gasteiger partial charge in [0, 0.05) is 11.5 Å². The van der Waals surface area contributed by atoms with Crippen molar-refractivity contribution in [2.24, 2.45) is 5.84 Å². The van der Waals surface area contributed by atoms with E-state index in [0.29, 0.717) is 0 Å². The van der Waals surface area contributed by atoms with Gasteiger partial charge < -0.3 is 0 Å². The van der Waals surface area contributed by atoms with Crippen LogP contribution in [0.3, 0.4) is 0 Å². The number of hydrogen-bond donors (Lipinski definition) is 2. The van der Waals surface area contributed by atoms with Gasteiger partial charge in [-0.15, -0.1) is 0 Å². The van der Waals surface area contributed by atoms with Gasteiger partial charge in [-0.2, -0.15) is 0 Å². The standard InChI is InChI=1S/C13H21FN2/c1-4-5-12(16-15)13(2,3)10-6-8-11(14)9-7-10/h6-9,12,16H,4-5,15H2,1-3H3. The van der Waals surface area contributed by atoms with Crippen molar-refractivity contribution >= 4 is 0 Å². The number of halogens is 1. The van der Waals surface area contributed by atoms with E-state index in [1.54, 1.807) is 0 Å². The van der Waals surface area contributed by atoms with Crippen LogP contribution in [0.5, 0.6) is 0 Å². The molecule has 0 saturated carbocycles. The van der Waals surface area contributed by atoms with Gasteiger partial charge >= 0.3 is 0 Å². The smallest absolute Gasteiger partial charge is 0.123 e. The van der Waals surface area contributed by atoms with Gasteiger partial charge in [0.1, 0.15) is 5.82 Å². The summed E-state index contributed by atoms with van der Waals surface area (Å²) >= 11 is 0. The molecule has 1 aromatic rings. The van der Waals surface area contributed by atoms with Crippen LogP contribution in [0.2, 0.25) is 0 Å². The number of rotatable bonds is 5. The highest BCUT2D eigenvalue weighted by Gasteiger charge is 2.29. The number of nitrogens with two attached hydrogens (primary N) is 1. The van der Waals surface area contributed by atoms with Crippen LogP contribution in [0.25, 0.3) is 0 Å². The third-order valence-electron chi connectivity index (χ3n) is 3.24. The minimum atomic E-state index is -0.202. The van der Waals surface area contributed by atoms with Crippen LogP contribution < -0.4 is 11.3 Å². The monoisotopic (exact) mass is 224 g/mol. The highest BCUT2D eigenvalue weighted by atomic mass is 19.1. The van der Waals surface area contributed by atoms with Gasteiger partial charge in [-0.3, -0.25) is 11.3 Å². The van der Waals surface area contributed by atoms with Crippen LogP contribution in [0.15, 0.2) is 24.3 Å². The molecule has 90 valence electrons. The summed E-state index contributed by atoms with van der Waals surface area (Å²) in [5, 5.41) is 0. The molecule has 0 spiro atoms. The Bertz CT molecular complexity index is 319. The van der Waals surface area contributed by atoms with Gasteiger partial charge in [0.2, 0.25) is 0 Å². The molecule has 1 atom stereocenters. The van der Waals surface area contributed by atoms with Crippen molar-refractivity contribution < 1.29 is 4.39 Å². The summed E-state index contributed by atoms with van der Waals surface area (Å²) < 4.78 is 12.9. The second-order valence-corrected chi connectivity index (χ2v) is 4.74. The zero-order chi connectivity index (χ0) is 12.2. The van der Waals surface area contributed by atoms with Crippen molar-refractivity contribution in [3.05, 3.63) is 35.6 Å². The van der Waals surface area contributed by atoms with Crippen LogP contribution in [0.4, 0.5) is 4.39 Å². The lowest BCUT2D eigenvalue weighted by atomic mass is 9.76. The Morgan fingerprint density at radius 2 is 1.88 bits per heavy atom. The molecule has 0 aliphatic rings. The largest absolute Gasteiger partial charge is 0.271 e. The SMILES string of the molecule is CCCC(NN)C(C)(C)c1ccc(F)cc1. The maximum Gasteiger partial charge on any atom is 0.123 e. The first-order valence-electron chi connectivity index (χ1n) is 5.74. The van der Waals surface area contributed by atoms with E-state index in [2.05, 4.69) is 26.2 Å². The summed E-state index contributed by atoms with van der Waals surface area (Å²) in [4.78, 5) is 0. The summed E-state index contributed by atoms with van der Waals surface area (Å²) in [5.74, 6) is 5.39. The first-order valence-corrected chi connectivity index (χ1v) is 5.74. The first-order chi connectivity index (χ1) is 7.52. The third-order valence-corrected chi connectivity index (χ3v) is 3.24. The van der Waals surface area contributed by atoms with Gasteiger partial charge in [-0.05, 0) is 24.1 Å². The molecule has 0 aliphatic carbocycles. The number of benzene rings is 1. The molecule has 3 N–H and O–H groups in total. The molecular formula is C13H21FN2. The number of hydrogen-bond acceptors (Lipinski definition) is 2. The summed E-state index contributed by atoms with van der Waals surface area (Å²) in [7, 11) is 0. The van der Waals surface area contributed by atoms with E-state index in [4.69, 9.17) is 5.84 Å². The quantitative estimate of drug-likeness (QED) is 0.596. The van der Waals surface area contributed by atoms with Crippen LogP contribution in [-0.4, -0.2) is 6.04 Å². The van der Waals surface area contributed by atoms with Crippen molar-refractivity contribution in [3.8, 4) is 0 Å². The molecule has 0 heterocycles. The minimum absolute atomic E-state index is 0.0988. The van der Waals surface area contributed by atoms with Crippen molar-refractivity contribution in [1.29, 1.82) is 0 Å². The van der Waals surface area contributed by atoms with E-state index in [0.717, 1.165) is 18.4 Å². The summed E-state index contributed by atoms with van der Waals surface area (Å²) in [6, 6.07) is 6.85. The summed E-state index contributed by atoms with van der Waals surface area (Å²) in [5.41, 5.74) is 3.87. The first kappa shape index (κ1) is 13.1. The van der Waals surface area contributed by atoms with E-state index in [1.165, 1.54) is 12.1 Å². The van der Waals surface area contributed by atoms with Crippen LogP contribution in [0.1, 0.15) is 39.2 Å². The minimum Gasteiger partial charge on any atom is -0.271 e. The van der Waals surface area contributed by atoms with Gasteiger partial charge in [0.15, 0.2) is 0 Å². The van der Waals surface area contributed by atoms with Crippen molar-refractivity contribution in [1.82, 2.24) is 5.43 Å². The van der Waals surface area contributed by atoms with Gasteiger partial charge in [-0.1, -0.05) is 39.3 Å². The number of hydrazine groups is 1. The van der Waals surface area contributed by atoms with E-state index >= 15 is 0 Å². The van der Waals surface area contributed by atoms with Crippen LogP contribution >= 0.6 is 0 Å². The van der Waals surface area contributed by atoms with E-state index in [1.807, 2.05) is 12.1 Å². The zero-order valence-corrected chi connectivity index (χ0v) is 10.3. The predicted molar refractivity (Wildman–Crippen MR) is 65.4 cm³/mol. The van der Waals surface area contributed by atoms with Crippen molar-refractivity contribution in [2.75, 3.05) is 0 Å². The molecule has 3 heteroatoms. The fraction of sp³-hybridized carbons (Fsp3) is 0.538. The van der Waals surface area contributed by atoms with Gasteiger partial charge in [0.05, 0.1) is 0 Å². The van der Waals surface area contributed by atoms with Gasteiger partial charge in [0.25, 0.3) is 0 Å². The van der Waals surface area contributed by atoms with Crippen molar-refractivity contribution in [2.45, 2.75) is 45.1 Å². The van der Waals surface area contributed by atoms with Crippen molar-refractivity contribution in [3.63, 3.8) is 0 Å². The summed E-state index contributed by atoms with van der Waals surface area (Å²) in [6.45, 7) is 6.38. The Morgan fingerprint density at radius 3 is 2.31 bits per heavy atom. The molecule has 1 unspecified atom stereocenters. The molecule has 0 saturated heterocycles. The zero-order valence-electron chi connectivity index (χ0n) is 10.3. The van der Waals surface area contributed by atoms with Crippen LogP contribution in [0, 0.1) is 5.82 Å². The fourth-order valence-corrected chi connectivity index (χ4v) is 2.02. The lowest BCUT2D eigenvalue weighted by Gasteiger charge is -2.34. The highest BCUT2D eigenvalue weighted by molar-refractivity contribution is 5.26. The Hall–Kier alpha value is -0.930.